The Hall–Kier alpha value is -2.77. The van der Waals surface area contributed by atoms with Gasteiger partial charge in [-0.15, -0.1) is 0 Å². The lowest BCUT2D eigenvalue weighted by atomic mass is 10.2. The van der Waals surface area contributed by atoms with Gasteiger partial charge in [0.2, 0.25) is 0 Å². The number of carboxylic acid groups (broad SMARTS) is 1. The second kappa shape index (κ2) is 6.12. The highest BCUT2D eigenvalue weighted by Crippen LogP contribution is 2.14. The molecule has 0 atom stereocenters. The molecule has 0 saturated heterocycles. The van der Waals surface area contributed by atoms with Crippen molar-refractivity contribution in [1.29, 1.82) is 0 Å². The number of carbonyl (C=O) groups excluding carboxylic acids is 1. The Kier molecular flexibility index (Phi) is 4.27. The summed E-state index contributed by atoms with van der Waals surface area (Å²) in [4.78, 5) is 26.7. The van der Waals surface area contributed by atoms with E-state index in [1.165, 1.54) is 36.7 Å². The van der Waals surface area contributed by atoms with Crippen LogP contribution in [-0.4, -0.2) is 33.0 Å². The van der Waals surface area contributed by atoms with Crippen molar-refractivity contribution in [2.24, 2.45) is 0 Å². The van der Waals surface area contributed by atoms with Gasteiger partial charge in [-0.1, -0.05) is 0 Å². The van der Waals surface area contributed by atoms with Crippen LogP contribution in [0.3, 0.4) is 0 Å². The number of amides is 1. The number of nitrogens with one attached hydrogen (secondary N) is 1. The van der Waals surface area contributed by atoms with Gasteiger partial charge in [0.25, 0.3) is 12.3 Å². The van der Waals surface area contributed by atoms with E-state index in [-0.39, 0.29) is 17.1 Å². The molecule has 110 valence electrons. The number of carbonyl (C=O) groups is 2. The van der Waals surface area contributed by atoms with Gasteiger partial charge in [-0.2, -0.15) is 0 Å². The Morgan fingerprint density at radius 1 is 1.33 bits per heavy atom. The van der Waals surface area contributed by atoms with Gasteiger partial charge in [0.15, 0.2) is 5.69 Å². The standard InChI is InChI=1S/C13H11F2N3O3/c14-10(15)7-18-6-2-4-9(18)12(19)17-8-3-1-5-16-11(8)13(20)21/h1-6,10H,7H2,(H,17,19)(H,20,21). The molecule has 0 aromatic carbocycles. The molecule has 0 unspecified atom stereocenters. The highest BCUT2D eigenvalue weighted by Gasteiger charge is 2.17. The summed E-state index contributed by atoms with van der Waals surface area (Å²) in [7, 11) is 0. The minimum atomic E-state index is -2.60. The van der Waals surface area contributed by atoms with Crippen LogP contribution in [0.25, 0.3) is 0 Å². The van der Waals surface area contributed by atoms with E-state index in [9.17, 15) is 18.4 Å². The molecular weight excluding hydrogens is 284 g/mol. The number of hydrogen-bond donors (Lipinski definition) is 2. The van der Waals surface area contributed by atoms with Crippen LogP contribution in [0, 0.1) is 0 Å². The van der Waals surface area contributed by atoms with Crippen LogP contribution in [0.15, 0.2) is 36.7 Å². The Labute approximate surface area is 118 Å². The maximum absolute atomic E-state index is 12.4. The first kappa shape index (κ1) is 14.6. The zero-order valence-corrected chi connectivity index (χ0v) is 10.7. The molecule has 0 spiro atoms. The molecule has 0 aliphatic carbocycles. The molecule has 0 fully saturated rings. The number of nitrogens with zero attached hydrogens (tertiary/aromatic N) is 2. The van der Waals surface area contributed by atoms with Gasteiger partial charge in [0.1, 0.15) is 5.69 Å². The molecule has 0 saturated carbocycles. The van der Waals surface area contributed by atoms with E-state index >= 15 is 0 Å². The number of hydrogen-bond acceptors (Lipinski definition) is 3. The first-order valence-corrected chi connectivity index (χ1v) is 5.92. The molecule has 2 heterocycles. The van der Waals surface area contributed by atoms with Gasteiger partial charge in [-0.3, -0.25) is 4.79 Å². The number of alkyl halides is 2. The predicted molar refractivity (Wildman–Crippen MR) is 69.6 cm³/mol. The largest absolute Gasteiger partial charge is 0.476 e. The first-order chi connectivity index (χ1) is 9.99. The van der Waals surface area contributed by atoms with E-state index in [0.29, 0.717) is 0 Å². The summed E-state index contributed by atoms with van der Waals surface area (Å²) in [6.45, 7) is -0.616. The quantitative estimate of drug-likeness (QED) is 0.884. The van der Waals surface area contributed by atoms with Crippen LogP contribution in [0.1, 0.15) is 21.0 Å². The lowest BCUT2D eigenvalue weighted by Crippen LogP contribution is -2.20. The third-order valence-corrected chi connectivity index (χ3v) is 2.66. The first-order valence-electron chi connectivity index (χ1n) is 5.92. The fraction of sp³-hybridized carbons (Fsp3) is 0.154. The van der Waals surface area contributed by atoms with E-state index in [2.05, 4.69) is 10.3 Å². The minimum Gasteiger partial charge on any atom is -0.476 e. The molecule has 0 aliphatic rings. The van der Waals surface area contributed by atoms with E-state index < -0.39 is 24.8 Å². The van der Waals surface area contributed by atoms with Gasteiger partial charge in [0, 0.05) is 12.4 Å². The lowest BCUT2D eigenvalue weighted by Gasteiger charge is -2.10. The molecule has 1 amide bonds. The van der Waals surface area contributed by atoms with Crippen LogP contribution in [-0.2, 0) is 6.54 Å². The Morgan fingerprint density at radius 2 is 2.10 bits per heavy atom. The maximum atomic E-state index is 12.4. The van der Waals surface area contributed by atoms with Gasteiger partial charge < -0.3 is 15.0 Å². The Bertz CT molecular complexity index is 670. The van der Waals surface area contributed by atoms with E-state index in [1.807, 2.05) is 0 Å². The van der Waals surface area contributed by atoms with Crippen molar-refractivity contribution in [3.8, 4) is 0 Å². The Balaban J connectivity index is 2.23. The van der Waals surface area contributed by atoms with Crippen LogP contribution in [0.5, 0.6) is 0 Å². The van der Waals surface area contributed by atoms with Gasteiger partial charge >= 0.3 is 5.97 Å². The van der Waals surface area contributed by atoms with E-state index in [4.69, 9.17) is 5.11 Å². The molecule has 2 N–H and O–H groups in total. The fourth-order valence-corrected chi connectivity index (χ4v) is 1.79. The van der Waals surface area contributed by atoms with Crippen molar-refractivity contribution in [3.63, 3.8) is 0 Å². The smallest absolute Gasteiger partial charge is 0.356 e. The zero-order chi connectivity index (χ0) is 15.4. The van der Waals surface area contributed by atoms with Crippen molar-refractivity contribution in [1.82, 2.24) is 9.55 Å². The normalized spacial score (nSPS) is 10.6. The monoisotopic (exact) mass is 295 g/mol. The Morgan fingerprint density at radius 3 is 2.76 bits per heavy atom. The van der Waals surface area contributed by atoms with Crippen molar-refractivity contribution >= 4 is 17.6 Å². The molecule has 2 aromatic heterocycles. The topological polar surface area (TPSA) is 84.2 Å². The summed E-state index contributed by atoms with van der Waals surface area (Å²) in [6, 6.07) is 5.65. The van der Waals surface area contributed by atoms with E-state index in [1.54, 1.807) is 0 Å². The number of halogens is 2. The summed E-state index contributed by atoms with van der Waals surface area (Å²) in [5, 5.41) is 11.3. The second-order valence-electron chi connectivity index (χ2n) is 4.10. The summed E-state index contributed by atoms with van der Waals surface area (Å²) in [5.41, 5.74) is -0.312. The number of carboxylic acids is 1. The summed E-state index contributed by atoms with van der Waals surface area (Å²) in [5.74, 6) is -1.98. The average Bonchev–Trinajstić information content (AvgIpc) is 2.86. The number of aromatic carboxylic acids is 1. The fourth-order valence-electron chi connectivity index (χ4n) is 1.79. The van der Waals surface area contributed by atoms with Gasteiger partial charge in [-0.05, 0) is 24.3 Å². The molecular formula is C13H11F2N3O3. The summed E-state index contributed by atoms with van der Waals surface area (Å²) < 4.78 is 25.9. The molecule has 2 aromatic rings. The lowest BCUT2D eigenvalue weighted by molar-refractivity contribution is 0.0691. The molecule has 2 rings (SSSR count). The zero-order valence-electron chi connectivity index (χ0n) is 10.7. The molecule has 0 aliphatic heterocycles. The number of aromatic nitrogens is 2. The van der Waals surface area contributed by atoms with Crippen LogP contribution >= 0.6 is 0 Å². The second-order valence-corrected chi connectivity index (χ2v) is 4.10. The molecule has 8 heteroatoms. The maximum Gasteiger partial charge on any atom is 0.356 e. The average molecular weight is 295 g/mol. The third-order valence-electron chi connectivity index (χ3n) is 2.66. The van der Waals surface area contributed by atoms with Gasteiger partial charge in [-0.25, -0.2) is 18.6 Å². The summed E-state index contributed by atoms with van der Waals surface area (Å²) in [6.07, 6.45) is 0.0259. The minimum absolute atomic E-state index is 0.000188. The summed E-state index contributed by atoms with van der Waals surface area (Å²) >= 11 is 0. The van der Waals surface area contributed by atoms with Crippen molar-refractivity contribution < 1.29 is 23.5 Å². The van der Waals surface area contributed by atoms with Gasteiger partial charge in [0.05, 0.1) is 12.2 Å². The number of anilines is 1. The number of rotatable bonds is 5. The highest BCUT2D eigenvalue weighted by atomic mass is 19.3. The number of pyridine rings is 1. The molecule has 6 nitrogen and oxygen atoms in total. The SMILES string of the molecule is O=C(O)c1ncccc1NC(=O)c1cccn1CC(F)F. The van der Waals surface area contributed by atoms with Crippen LogP contribution in [0.2, 0.25) is 0 Å². The van der Waals surface area contributed by atoms with Crippen LogP contribution < -0.4 is 5.32 Å². The predicted octanol–water partition coefficient (Wildman–Crippen LogP) is 2.10. The third kappa shape index (κ3) is 3.41. The van der Waals surface area contributed by atoms with Crippen molar-refractivity contribution in [3.05, 3.63) is 48.0 Å². The van der Waals surface area contributed by atoms with Crippen LogP contribution in [0.4, 0.5) is 14.5 Å². The molecule has 21 heavy (non-hydrogen) atoms. The van der Waals surface area contributed by atoms with E-state index in [0.717, 1.165) is 4.57 Å². The molecule has 0 radical (unpaired) electrons. The highest BCUT2D eigenvalue weighted by molar-refractivity contribution is 6.06. The molecule has 0 bridgehead atoms. The van der Waals surface area contributed by atoms with Crippen molar-refractivity contribution in [2.75, 3.05) is 5.32 Å². The van der Waals surface area contributed by atoms with Crippen molar-refractivity contribution in [2.45, 2.75) is 13.0 Å².